The van der Waals surface area contributed by atoms with E-state index < -0.39 is 0 Å². The van der Waals surface area contributed by atoms with Crippen LogP contribution in [-0.2, 0) is 0 Å². The van der Waals surface area contributed by atoms with E-state index in [1.54, 1.807) is 0 Å². The topological polar surface area (TPSA) is 18.7 Å². The SMILES string of the molecule is c1ccc(-n2c3ccccc3c3cc(-c4c5ccccc5cc5c6cccc7c8cc9c(cc8n(c45)c76)c4cc5ccccc5c5c6cccc(-c7ccc8c(c7)c7ccccc7n8-c7ccccc7)c6n9c45)ccc32)cc1. The molecule has 4 nitrogen and oxygen atoms in total. The summed E-state index contributed by atoms with van der Waals surface area (Å²) in [5.41, 5.74) is 19.6. The fourth-order valence-corrected chi connectivity index (χ4v) is 14.6. The van der Waals surface area contributed by atoms with Gasteiger partial charge in [-0.25, -0.2) is 0 Å². The average molecular weight is 987 g/mol. The molecular weight excluding hydrogens is 945 g/mol. The quantitative estimate of drug-likeness (QED) is 0.167. The first-order valence-corrected chi connectivity index (χ1v) is 27.1. The van der Waals surface area contributed by atoms with E-state index in [-0.39, 0.29) is 0 Å². The van der Waals surface area contributed by atoms with E-state index in [0.717, 1.165) is 11.4 Å². The van der Waals surface area contributed by atoms with E-state index in [1.165, 1.54) is 164 Å². The molecule has 19 aromatic rings. The summed E-state index contributed by atoms with van der Waals surface area (Å²) >= 11 is 0. The van der Waals surface area contributed by atoms with Crippen LogP contribution in [0.4, 0.5) is 0 Å². The second-order valence-corrected chi connectivity index (χ2v) is 21.5. The van der Waals surface area contributed by atoms with Crippen molar-refractivity contribution in [3.8, 4) is 33.6 Å². The van der Waals surface area contributed by atoms with Gasteiger partial charge in [0.1, 0.15) is 0 Å². The Bertz CT molecular complexity index is 5790. The van der Waals surface area contributed by atoms with Crippen molar-refractivity contribution in [3.63, 3.8) is 0 Å². The minimum Gasteiger partial charge on any atom is -0.309 e. The van der Waals surface area contributed by atoms with Gasteiger partial charge in [0.25, 0.3) is 0 Å². The zero-order valence-corrected chi connectivity index (χ0v) is 42.0. The first kappa shape index (κ1) is 40.9. The Kier molecular flexibility index (Phi) is 7.71. The highest BCUT2D eigenvalue weighted by atomic mass is 15.0. The smallest absolute Gasteiger partial charge is 0.0627 e. The second-order valence-electron chi connectivity index (χ2n) is 21.5. The molecular formula is C74H42N4. The highest BCUT2D eigenvalue weighted by molar-refractivity contribution is 6.35. The molecule has 19 rings (SSSR count). The van der Waals surface area contributed by atoms with E-state index in [9.17, 15) is 0 Å². The van der Waals surface area contributed by atoms with E-state index in [1.807, 2.05) is 0 Å². The van der Waals surface area contributed by atoms with Crippen LogP contribution in [0.25, 0.3) is 175 Å². The Morgan fingerprint density at radius 2 is 0.667 bits per heavy atom. The van der Waals surface area contributed by atoms with Gasteiger partial charge in [-0.15, -0.1) is 0 Å². The van der Waals surface area contributed by atoms with Gasteiger partial charge in [-0.1, -0.05) is 170 Å². The minimum absolute atomic E-state index is 1.16. The van der Waals surface area contributed by atoms with Gasteiger partial charge < -0.3 is 17.9 Å². The van der Waals surface area contributed by atoms with Gasteiger partial charge in [-0.3, -0.25) is 0 Å². The predicted molar refractivity (Wildman–Crippen MR) is 330 cm³/mol. The molecule has 0 amide bonds. The molecule has 6 aromatic heterocycles. The van der Waals surface area contributed by atoms with Crippen molar-refractivity contribution in [2.45, 2.75) is 0 Å². The van der Waals surface area contributed by atoms with Crippen LogP contribution in [0.5, 0.6) is 0 Å². The number of fused-ring (bicyclic) bond motifs is 21. The van der Waals surface area contributed by atoms with Gasteiger partial charge in [0, 0.05) is 87.1 Å². The van der Waals surface area contributed by atoms with Crippen LogP contribution in [0.3, 0.4) is 0 Å². The molecule has 0 aliphatic heterocycles. The van der Waals surface area contributed by atoms with Crippen molar-refractivity contribution in [1.29, 1.82) is 0 Å². The van der Waals surface area contributed by atoms with E-state index in [2.05, 4.69) is 273 Å². The molecule has 0 atom stereocenters. The number of aromatic nitrogens is 4. The van der Waals surface area contributed by atoms with Crippen molar-refractivity contribution in [2.75, 3.05) is 0 Å². The third-order valence-corrected chi connectivity index (χ3v) is 17.7. The average Bonchev–Trinajstić information content (AvgIpc) is 3.78. The van der Waals surface area contributed by atoms with Crippen LogP contribution >= 0.6 is 0 Å². The van der Waals surface area contributed by atoms with Crippen LogP contribution in [-0.4, -0.2) is 17.9 Å². The molecule has 0 fully saturated rings. The summed E-state index contributed by atoms with van der Waals surface area (Å²) in [6, 6.07) is 95.5. The van der Waals surface area contributed by atoms with Crippen LogP contribution < -0.4 is 0 Å². The Balaban J connectivity index is 0.926. The number of para-hydroxylation sites is 6. The van der Waals surface area contributed by atoms with Crippen LogP contribution in [0, 0.1) is 0 Å². The zero-order chi connectivity index (χ0) is 50.5. The third-order valence-electron chi connectivity index (χ3n) is 17.7. The molecule has 0 radical (unpaired) electrons. The van der Waals surface area contributed by atoms with Crippen molar-refractivity contribution >= 4 is 141 Å². The van der Waals surface area contributed by atoms with Gasteiger partial charge in [0.15, 0.2) is 0 Å². The molecule has 13 aromatic carbocycles. The van der Waals surface area contributed by atoms with E-state index in [0.29, 0.717) is 0 Å². The van der Waals surface area contributed by atoms with E-state index >= 15 is 0 Å². The van der Waals surface area contributed by atoms with Crippen molar-refractivity contribution in [3.05, 3.63) is 255 Å². The van der Waals surface area contributed by atoms with Crippen LogP contribution in [0.15, 0.2) is 255 Å². The molecule has 0 saturated heterocycles. The van der Waals surface area contributed by atoms with Crippen molar-refractivity contribution in [2.24, 2.45) is 0 Å². The van der Waals surface area contributed by atoms with Gasteiger partial charge in [-0.05, 0) is 118 Å². The Hall–Kier alpha value is -10.4. The summed E-state index contributed by atoms with van der Waals surface area (Å²) in [5, 5.41) is 20.2. The Labute approximate surface area is 445 Å². The molecule has 0 aliphatic carbocycles. The van der Waals surface area contributed by atoms with Gasteiger partial charge in [0.2, 0.25) is 0 Å². The summed E-state index contributed by atoms with van der Waals surface area (Å²) in [7, 11) is 0. The third kappa shape index (κ3) is 5.10. The first-order chi connectivity index (χ1) is 38.7. The first-order valence-electron chi connectivity index (χ1n) is 27.1. The fourth-order valence-electron chi connectivity index (χ4n) is 14.6. The van der Waals surface area contributed by atoms with Gasteiger partial charge in [-0.2, -0.15) is 0 Å². The Morgan fingerprint density at radius 3 is 1.33 bits per heavy atom. The summed E-state index contributed by atoms with van der Waals surface area (Å²) in [6.07, 6.45) is 0. The molecule has 0 N–H and O–H groups in total. The highest BCUT2D eigenvalue weighted by Gasteiger charge is 2.27. The number of nitrogens with zero attached hydrogens (tertiary/aromatic N) is 4. The van der Waals surface area contributed by atoms with Gasteiger partial charge in [0.05, 0.1) is 55.2 Å². The van der Waals surface area contributed by atoms with E-state index in [4.69, 9.17) is 0 Å². The largest absolute Gasteiger partial charge is 0.309 e. The molecule has 4 heteroatoms. The maximum absolute atomic E-state index is 2.63. The molecule has 6 heterocycles. The lowest BCUT2D eigenvalue weighted by atomic mass is 9.93. The lowest BCUT2D eigenvalue weighted by Gasteiger charge is -2.13. The standard InChI is InChI=1S/C74H42N4/c1-3-19-47(20-4-1)75-63-31-13-11-25-52(63)57-37-45(33-35-65(57)75)51-27-15-30-56-70-50-24-10-8-18-44(50)39-62-60-42-67-59(41-68(60)77(71(51)56)74(62)70)54-28-16-29-55-61-38-43-17-7-9-23-49(43)69(73(61)78(67)72(54)55)46-34-36-66-58(40-46)53-26-12-14-32-64(53)76(66)48-21-5-2-6-22-48/h1-42H. The van der Waals surface area contributed by atoms with Gasteiger partial charge >= 0.3 is 0 Å². The molecule has 0 unspecified atom stereocenters. The predicted octanol–water partition coefficient (Wildman–Crippen LogP) is 19.8. The summed E-state index contributed by atoms with van der Waals surface area (Å²) in [6.45, 7) is 0. The van der Waals surface area contributed by atoms with Crippen molar-refractivity contribution in [1.82, 2.24) is 17.9 Å². The summed E-state index contributed by atoms with van der Waals surface area (Å²) < 4.78 is 10.1. The molecule has 0 saturated carbocycles. The number of benzene rings is 13. The summed E-state index contributed by atoms with van der Waals surface area (Å²) in [4.78, 5) is 0. The maximum Gasteiger partial charge on any atom is 0.0627 e. The zero-order valence-electron chi connectivity index (χ0n) is 42.0. The van der Waals surface area contributed by atoms with Crippen molar-refractivity contribution < 1.29 is 0 Å². The highest BCUT2D eigenvalue weighted by Crippen LogP contribution is 2.51. The number of rotatable bonds is 4. The normalized spacial score (nSPS) is 12.6. The number of hydrogen-bond acceptors (Lipinski definition) is 0. The Morgan fingerprint density at radius 1 is 0.218 bits per heavy atom. The fraction of sp³-hybridized carbons (Fsp3) is 0. The second kappa shape index (κ2) is 14.7. The molecule has 358 valence electrons. The number of hydrogen-bond donors (Lipinski definition) is 0. The molecule has 0 aliphatic rings. The molecule has 0 bridgehead atoms. The maximum atomic E-state index is 2.63. The monoisotopic (exact) mass is 986 g/mol. The van der Waals surface area contributed by atoms with Crippen LogP contribution in [0.2, 0.25) is 0 Å². The molecule has 0 spiro atoms. The minimum atomic E-state index is 1.16. The lowest BCUT2D eigenvalue weighted by Crippen LogP contribution is -1.93. The van der Waals surface area contributed by atoms with Crippen LogP contribution in [0.1, 0.15) is 0 Å². The molecule has 78 heavy (non-hydrogen) atoms. The lowest BCUT2D eigenvalue weighted by molar-refractivity contribution is 1.18. The summed E-state index contributed by atoms with van der Waals surface area (Å²) in [5.74, 6) is 0.